The van der Waals surface area contributed by atoms with Crippen LogP contribution in [0.2, 0.25) is 0 Å². The summed E-state index contributed by atoms with van der Waals surface area (Å²) in [5, 5.41) is 2.61. The Morgan fingerprint density at radius 2 is 1.97 bits per heavy atom. The van der Waals surface area contributed by atoms with E-state index >= 15 is 0 Å². The van der Waals surface area contributed by atoms with E-state index in [4.69, 9.17) is 26.4 Å². The molecule has 0 aliphatic carbocycles. The largest absolute Gasteiger partial charge is 0.493 e. The average Bonchev–Trinajstić information content (AvgIpc) is 3.09. The van der Waals surface area contributed by atoms with Gasteiger partial charge in [0.25, 0.3) is 5.91 Å². The van der Waals surface area contributed by atoms with E-state index in [0.717, 1.165) is 29.7 Å². The number of nitrogens with one attached hydrogen (secondary N) is 1. The predicted octanol–water partition coefficient (Wildman–Crippen LogP) is 4.87. The number of thiocarbonyl (C=S) groups is 1. The second-order valence-corrected chi connectivity index (χ2v) is 8.65. The molecule has 2 aromatic carbocycles. The van der Waals surface area contributed by atoms with Crippen molar-refractivity contribution in [3.05, 3.63) is 64.6 Å². The van der Waals surface area contributed by atoms with Gasteiger partial charge in [0.15, 0.2) is 0 Å². The Morgan fingerprint density at radius 1 is 1.12 bits per heavy atom. The predicted molar refractivity (Wildman–Crippen MR) is 130 cm³/mol. The van der Waals surface area contributed by atoms with Gasteiger partial charge in [-0.25, -0.2) is 0 Å². The highest BCUT2D eigenvalue weighted by Crippen LogP contribution is 2.27. The van der Waals surface area contributed by atoms with Crippen LogP contribution in [0.3, 0.4) is 0 Å². The van der Waals surface area contributed by atoms with Gasteiger partial charge in [0.2, 0.25) is 0 Å². The summed E-state index contributed by atoms with van der Waals surface area (Å²) in [6.45, 7) is 3.07. The molecule has 1 saturated heterocycles. The fraction of sp³-hybridized carbons (Fsp3) is 0.292. The van der Waals surface area contributed by atoms with E-state index in [1.807, 2.05) is 48.5 Å². The molecular formula is C24H25NO5S2. The lowest BCUT2D eigenvalue weighted by Crippen LogP contribution is -2.17. The number of hydrogen-bond donors (Lipinski definition) is 1. The summed E-state index contributed by atoms with van der Waals surface area (Å²) in [6, 6.07) is 15.2. The summed E-state index contributed by atoms with van der Waals surface area (Å²) in [5.41, 5.74) is 1.79. The van der Waals surface area contributed by atoms with Crippen molar-refractivity contribution in [3.63, 3.8) is 0 Å². The van der Waals surface area contributed by atoms with Crippen LogP contribution in [-0.2, 0) is 20.9 Å². The zero-order valence-corrected chi connectivity index (χ0v) is 19.4. The SMILES string of the molecule is CCOC(=O)CCCCOc1ccccc1COc1cccc(C=C2SC(=S)NC2=O)c1. The molecule has 0 bridgehead atoms. The van der Waals surface area contributed by atoms with Gasteiger partial charge in [-0.15, -0.1) is 0 Å². The monoisotopic (exact) mass is 471 g/mol. The normalized spacial score (nSPS) is 14.3. The highest BCUT2D eigenvalue weighted by molar-refractivity contribution is 8.26. The number of hydrogen-bond acceptors (Lipinski definition) is 7. The Labute approximate surface area is 197 Å². The molecule has 1 aliphatic rings. The van der Waals surface area contributed by atoms with E-state index in [0.29, 0.717) is 41.2 Å². The smallest absolute Gasteiger partial charge is 0.305 e. The Morgan fingerprint density at radius 3 is 2.75 bits per heavy atom. The van der Waals surface area contributed by atoms with Crippen LogP contribution >= 0.6 is 24.0 Å². The van der Waals surface area contributed by atoms with Crippen molar-refractivity contribution in [3.8, 4) is 11.5 Å². The van der Waals surface area contributed by atoms with Gasteiger partial charge in [-0.3, -0.25) is 9.59 Å². The third kappa shape index (κ3) is 7.39. The molecule has 2 aromatic rings. The molecule has 1 aliphatic heterocycles. The first-order valence-corrected chi connectivity index (χ1v) is 11.6. The van der Waals surface area contributed by atoms with Crippen molar-refractivity contribution >= 4 is 46.3 Å². The molecule has 3 rings (SSSR count). The maximum atomic E-state index is 11.9. The lowest BCUT2D eigenvalue weighted by atomic mass is 10.2. The van der Waals surface area contributed by atoms with Crippen LogP contribution in [0.4, 0.5) is 0 Å². The number of esters is 1. The molecule has 1 N–H and O–H groups in total. The van der Waals surface area contributed by atoms with Crippen molar-refractivity contribution in [2.75, 3.05) is 13.2 Å². The lowest BCUT2D eigenvalue weighted by Gasteiger charge is -2.13. The van der Waals surface area contributed by atoms with Gasteiger partial charge in [-0.05, 0) is 49.6 Å². The number of carbonyl (C=O) groups excluding carboxylic acids is 2. The molecule has 8 heteroatoms. The first-order valence-electron chi connectivity index (χ1n) is 10.4. The van der Waals surface area contributed by atoms with E-state index in [9.17, 15) is 9.59 Å². The molecular weight excluding hydrogens is 446 g/mol. The number of para-hydroxylation sites is 1. The third-order valence-electron chi connectivity index (χ3n) is 4.50. The standard InChI is InChI=1S/C24H25NO5S2/c1-2-28-22(26)12-5-6-13-29-20-11-4-3-9-18(20)16-30-19-10-7-8-17(14-19)15-21-23(27)25-24(31)32-21/h3-4,7-11,14-15H,2,5-6,12-13,16H2,1H3,(H,25,27,31). The zero-order valence-electron chi connectivity index (χ0n) is 17.8. The molecule has 1 heterocycles. The summed E-state index contributed by atoms with van der Waals surface area (Å²) in [7, 11) is 0. The maximum absolute atomic E-state index is 11.9. The molecule has 0 radical (unpaired) electrons. The Bertz CT molecular complexity index is 1010. The highest BCUT2D eigenvalue weighted by atomic mass is 32.2. The van der Waals surface area contributed by atoms with Crippen LogP contribution in [0.5, 0.6) is 11.5 Å². The van der Waals surface area contributed by atoms with Crippen LogP contribution in [0, 0.1) is 0 Å². The number of unbranched alkanes of at least 4 members (excludes halogenated alkanes) is 1. The summed E-state index contributed by atoms with van der Waals surface area (Å²) in [5.74, 6) is 1.10. The van der Waals surface area contributed by atoms with Gasteiger partial charge in [0, 0.05) is 12.0 Å². The van der Waals surface area contributed by atoms with Gasteiger partial charge in [-0.2, -0.15) is 0 Å². The molecule has 6 nitrogen and oxygen atoms in total. The molecule has 0 saturated carbocycles. The molecule has 0 aromatic heterocycles. The number of thioether (sulfide) groups is 1. The van der Waals surface area contributed by atoms with Gasteiger partial charge < -0.3 is 19.5 Å². The topological polar surface area (TPSA) is 73.9 Å². The van der Waals surface area contributed by atoms with Gasteiger partial charge in [0.1, 0.15) is 22.4 Å². The molecule has 32 heavy (non-hydrogen) atoms. The molecule has 0 spiro atoms. The van der Waals surface area contributed by atoms with Gasteiger partial charge in [0.05, 0.1) is 18.1 Å². The molecule has 1 amide bonds. The van der Waals surface area contributed by atoms with Crippen molar-refractivity contribution < 1.29 is 23.8 Å². The van der Waals surface area contributed by atoms with E-state index in [2.05, 4.69) is 5.32 Å². The highest BCUT2D eigenvalue weighted by Gasteiger charge is 2.21. The van der Waals surface area contributed by atoms with Crippen LogP contribution in [0.25, 0.3) is 6.08 Å². The number of amides is 1. The number of ether oxygens (including phenoxy) is 3. The van der Waals surface area contributed by atoms with E-state index in [1.54, 1.807) is 13.0 Å². The fourth-order valence-electron chi connectivity index (χ4n) is 2.98. The van der Waals surface area contributed by atoms with Crippen molar-refractivity contribution in [1.29, 1.82) is 0 Å². The van der Waals surface area contributed by atoms with Crippen molar-refractivity contribution in [1.82, 2.24) is 5.32 Å². The molecule has 0 unspecified atom stereocenters. The van der Waals surface area contributed by atoms with Crippen LogP contribution < -0.4 is 14.8 Å². The molecule has 168 valence electrons. The zero-order chi connectivity index (χ0) is 22.8. The van der Waals surface area contributed by atoms with Crippen LogP contribution in [-0.4, -0.2) is 29.4 Å². The fourth-order valence-corrected chi connectivity index (χ4v) is 4.02. The van der Waals surface area contributed by atoms with Gasteiger partial charge >= 0.3 is 5.97 Å². The Balaban J connectivity index is 1.53. The minimum atomic E-state index is -0.181. The van der Waals surface area contributed by atoms with Crippen LogP contribution in [0.15, 0.2) is 53.4 Å². The lowest BCUT2D eigenvalue weighted by molar-refractivity contribution is -0.143. The van der Waals surface area contributed by atoms with Crippen LogP contribution in [0.1, 0.15) is 37.3 Å². The molecule has 0 atom stereocenters. The van der Waals surface area contributed by atoms with E-state index in [-0.39, 0.29) is 11.9 Å². The van der Waals surface area contributed by atoms with E-state index in [1.165, 1.54) is 11.8 Å². The Kier molecular flexibility index (Phi) is 9.13. The first-order chi connectivity index (χ1) is 15.5. The maximum Gasteiger partial charge on any atom is 0.305 e. The summed E-state index contributed by atoms with van der Waals surface area (Å²) < 4.78 is 17.3. The Hall–Kier alpha value is -2.84. The summed E-state index contributed by atoms with van der Waals surface area (Å²) in [6.07, 6.45) is 3.68. The van der Waals surface area contributed by atoms with Crippen molar-refractivity contribution in [2.24, 2.45) is 0 Å². The first kappa shape index (κ1) is 23.8. The van der Waals surface area contributed by atoms with Crippen molar-refractivity contribution in [2.45, 2.75) is 32.8 Å². The quantitative estimate of drug-likeness (QED) is 0.217. The number of carbonyl (C=O) groups is 2. The minimum absolute atomic E-state index is 0.172. The third-order valence-corrected chi connectivity index (χ3v) is 5.67. The summed E-state index contributed by atoms with van der Waals surface area (Å²) >= 11 is 6.27. The average molecular weight is 472 g/mol. The molecule has 1 fully saturated rings. The van der Waals surface area contributed by atoms with Gasteiger partial charge in [-0.1, -0.05) is 54.3 Å². The number of benzene rings is 2. The minimum Gasteiger partial charge on any atom is -0.493 e. The van der Waals surface area contributed by atoms with E-state index < -0.39 is 0 Å². The second-order valence-electron chi connectivity index (χ2n) is 6.93. The number of rotatable bonds is 11. The second kappa shape index (κ2) is 12.3. The summed E-state index contributed by atoms with van der Waals surface area (Å²) in [4.78, 5) is 23.8.